The number of fused-ring (bicyclic) bond motifs is 1. The molecule has 7 heteroatoms. The molecule has 6 nitrogen and oxygen atoms in total. The van der Waals surface area contributed by atoms with Crippen molar-refractivity contribution in [2.24, 2.45) is 0 Å². The van der Waals surface area contributed by atoms with E-state index in [9.17, 15) is 13.2 Å². The van der Waals surface area contributed by atoms with Crippen LogP contribution in [0.1, 0.15) is 36.5 Å². The van der Waals surface area contributed by atoms with Gasteiger partial charge in [0.25, 0.3) is 0 Å². The fourth-order valence-corrected chi connectivity index (χ4v) is 5.88. The molecule has 1 saturated heterocycles. The lowest BCUT2D eigenvalue weighted by Crippen LogP contribution is -2.41. The summed E-state index contributed by atoms with van der Waals surface area (Å²) >= 11 is 0. The van der Waals surface area contributed by atoms with Gasteiger partial charge >= 0.3 is 0 Å². The van der Waals surface area contributed by atoms with Crippen LogP contribution in [0.4, 0.5) is 0 Å². The molecule has 0 spiro atoms. The molecule has 0 saturated carbocycles. The molecule has 0 N–H and O–H groups in total. The van der Waals surface area contributed by atoms with Crippen LogP contribution in [-0.2, 0) is 27.6 Å². The van der Waals surface area contributed by atoms with Gasteiger partial charge in [0, 0.05) is 23.5 Å². The number of carbonyl (C=O) groups excluding carboxylic acids is 1. The summed E-state index contributed by atoms with van der Waals surface area (Å²) in [5, 5.41) is 0.926. The van der Waals surface area contributed by atoms with Gasteiger partial charge in [-0.1, -0.05) is 30.7 Å². The van der Waals surface area contributed by atoms with E-state index in [1.165, 1.54) is 0 Å². The van der Waals surface area contributed by atoms with Gasteiger partial charge in [-0.3, -0.25) is 4.79 Å². The lowest BCUT2D eigenvalue weighted by molar-refractivity contribution is -0.133. The van der Waals surface area contributed by atoms with Crippen molar-refractivity contribution in [2.75, 3.05) is 18.1 Å². The van der Waals surface area contributed by atoms with Crippen LogP contribution in [0, 0.1) is 6.92 Å². The number of nitrogens with zero attached hydrogens (tertiary/aromatic N) is 1. The number of carbonyl (C=O) groups is 1. The number of benzene rings is 2. The Labute approximate surface area is 189 Å². The first-order valence-electron chi connectivity index (χ1n) is 11.0. The molecule has 2 aromatic carbocycles. The van der Waals surface area contributed by atoms with Crippen LogP contribution in [0.2, 0.25) is 0 Å². The van der Waals surface area contributed by atoms with Gasteiger partial charge in [-0.2, -0.15) is 0 Å². The highest BCUT2D eigenvalue weighted by Gasteiger charge is 2.34. The zero-order chi connectivity index (χ0) is 22.7. The Hall–Kier alpha value is -2.80. The molecule has 0 bridgehead atoms. The minimum absolute atomic E-state index is 0.0156. The van der Waals surface area contributed by atoms with E-state index in [1.54, 1.807) is 11.2 Å². The first-order valence-corrected chi connectivity index (χ1v) is 12.8. The average molecular weight is 456 g/mol. The van der Waals surface area contributed by atoms with Gasteiger partial charge in [0.05, 0.1) is 30.8 Å². The minimum atomic E-state index is -3.12. The Morgan fingerprint density at radius 2 is 1.97 bits per heavy atom. The number of ether oxygens (including phenoxy) is 1. The van der Waals surface area contributed by atoms with Gasteiger partial charge < -0.3 is 14.1 Å². The van der Waals surface area contributed by atoms with E-state index in [-0.39, 0.29) is 29.9 Å². The van der Waals surface area contributed by atoms with Crippen molar-refractivity contribution >= 4 is 26.7 Å². The zero-order valence-electron chi connectivity index (χ0n) is 18.5. The molecule has 0 aliphatic carbocycles. The second-order valence-corrected chi connectivity index (χ2v) is 10.7. The molecule has 0 radical (unpaired) electrons. The van der Waals surface area contributed by atoms with Crippen molar-refractivity contribution in [3.05, 3.63) is 65.4 Å². The Balaban J connectivity index is 1.56. The molecule has 32 heavy (non-hydrogen) atoms. The summed E-state index contributed by atoms with van der Waals surface area (Å²) in [5.74, 6) is 0.834. The SMILES string of the molecule is CCCOc1ccc(CN(C(=O)Cc2coc3ccc(C)cc23)[C@@H]2CCS(=O)(=O)C2)cc1. The summed E-state index contributed by atoms with van der Waals surface area (Å²) in [7, 11) is -3.12. The van der Waals surface area contributed by atoms with Crippen molar-refractivity contribution in [1.82, 2.24) is 4.90 Å². The molecule has 2 heterocycles. The van der Waals surface area contributed by atoms with E-state index < -0.39 is 9.84 Å². The van der Waals surface area contributed by atoms with Gasteiger partial charge in [-0.05, 0) is 49.6 Å². The number of rotatable bonds is 8. The lowest BCUT2D eigenvalue weighted by Gasteiger charge is -2.28. The number of aryl methyl sites for hydroxylation is 1. The molecule has 1 aliphatic rings. The van der Waals surface area contributed by atoms with Crippen molar-refractivity contribution < 1.29 is 22.4 Å². The third-order valence-electron chi connectivity index (χ3n) is 5.87. The second-order valence-electron chi connectivity index (χ2n) is 8.51. The van der Waals surface area contributed by atoms with Gasteiger partial charge in [-0.25, -0.2) is 8.42 Å². The van der Waals surface area contributed by atoms with Crippen LogP contribution >= 0.6 is 0 Å². The fourth-order valence-electron chi connectivity index (χ4n) is 4.15. The maximum Gasteiger partial charge on any atom is 0.227 e. The molecule has 1 fully saturated rings. The maximum absolute atomic E-state index is 13.4. The third-order valence-corrected chi connectivity index (χ3v) is 7.62. The zero-order valence-corrected chi connectivity index (χ0v) is 19.4. The molecule has 1 atom stereocenters. The first-order chi connectivity index (χ1) is 15.3. The summed E-state index contributed by atoms with van der Waals surface area (Å²) in [6.07, 6.45) is 3.20. The van der Waals surface area contributed by atoms with Crippen LogP contribution < -0.4 is 4.74 Å². The molecule has 4 rings (SSSR count). The van der Waals surface area contributed by atoms with E-state index in [2.05, 4.69) is 6.92 Å². The van der Waals surface area contributed by atoms with Crippen LogP contribution in [0.5, 0.6) is 5.75 Å². The Kier molecular flexibility index (Phi) is 6.55. The standard InChI is InChI=1S/C25H29NO5S/c1-3-11-30-22-7-5-19(6-8-22)15-26(21-10-12-32(28,29)17-21)25(27)14-20-16-31-24-9-4-18(2)13-23(20)24/h4-9,13,16,21H,3,10-12,14-15,17H2,1-2H3/t21-/m1/s1. The quantitative estimate of drug-likeness (QED) is 0.506. The predicted molar refractivity (Wildman–Crippen MR) is 124 cm³/mol. The summed E-state index contributed by atoms with van der Waals surface area (Å²) in [6, 6.07) is 13.2. The van der Waals surface area contributed by atoms with Crippen molar-refractivity contribution in [2.45, 2.75) is 45.7 Å². The van der Waals surface area contributed by atoms with Crippen molar-refractivity contribution in [3.8, 4) is 5.75 Å². The number of amides is 1. The molecule has 1 amide bonds. The van der Waals surface area contributed by atoms with E-state index in [0.29, 0.717) is 19.6 Å². The minimum Gasteiger partial charge on any atom is -0.494 e. The summed E-state index contributed by atoms with van der Waals surface area (Å²) in [6.45, 7) is 5.07. The molecule has 1 aromatic heterocycles. The smallest absolute Gasteiger partial charge is 0.227 e. The number of sulfone groups is 1. The maximum atomic E-state index is 13.4. The summed E-state index contributed by atoms with van der Waals surface area (Å²) in [5.41, 5.74) is 3.61. The molecule has 1 aliphatic heterocycles. The third kappa shape index (κ3) is 5.15. The van der Waals surface area contributed by atoms with Gasteiger partial charge in [0.15, 0.2) is 9.84 Å². The Morgan fingerprint density at radius 3 is 2.66 bits per heavy atom. The number of furan rings is 1. The summed E-state index contributed by atoms with van der Waals surface area (Å²) in [4.78, 5) is 15.1. The van der Waals surface area contributed by atoms with Gasteiger partial charge in [-0.15, -0.1) is 0 Å². The largest absolute Gasteiger partial charge is 0.494 e. The van der Waals surface area contributed by atoms with Gasteiger partial charge in [0.1, 0.15) is 11.3 Å². The highest BCUT2D eigenvalue weighted by molar-refractivity contribution is 7.91. The summed E-state index contributed by atoms with van der Waals surface area (Å²) < 4.78 is 35.5. The topological polar surface area (TPSA) is 76.8 Å². The van der Waals surface area contributed by atoms with Crippen LogP contribution in [0.3, 0.4) is 0 Å². The monoisotopic (exact) mass is 455 g/mol. The normalized spacial score (nSPS) is 17.5. The van der Waals surface area contributed by atoms with Crippen molar-refractivity contribution in [1.29, 1.82) is 0 Å². The average Bonchev–Trinajstić information content (AvgIpc) is 3.33. The second kappa shape index (κ2) is 9.36. The van der Waals surface area contributed by atoms with E-state index in [4.69, 9.17) is 9.15 Å². The molecular weight excluding hydrogens is 426 g/mol. The fraction of sp³-hybridized carbons (Fsp3) is 0.400. The molecule has 170 valence electrons. The van der Waals surface area contributed by atoms with Gasteiger partial charge in [0.2, 0.25) is 5.91 Å². The highest BCUT2D eigenvalue weighted by Crippen LogP contribution is 2.26. The first kappa shape index (κ1) is 22.4. The lowest BCUT2D eigenvalue weighted by atomic mass is 10.1. The van der Waals surface area contributed by atoms with Crippen LogP contribution in [0.25, 0.3) is 11.0 Å². The van der Waals surface area contributed by atoms with Crippen LogP contribution in [0.15, 0.2) is 53.1 Å². The Bertz CT molecular complexity index is 1200. The van der Waals surface area contributed by atoms with E-state index in [0.717, 1.165) is 39.8 Å². The van der Waals surface area contributed by atoms with E-state index in [1.807, 2.05) is 49.4 Å². The number of hydrogen-bond acceptors (Lipinski definition) is 5. The van der Waals surface area contributed by atoms with Crippen LogP contribution in [-0.4, -0.2) is 43.4 Å². The highest BCUT2D eigenvalue weighted by atomic mass is 32.2. The van der Waals surface area contributed by atoms with Crippen molar-refractivity contribution in [3.63, 3.8) is 0 Å². The molecule has 3 aromatic rings. The van der Waals surface area contributed by atoms with E-state index >= 15 is 0 Å². The number of hydrogen-bond donors (Lipinski definition) is 0. The predicted octanol–water partition coefficient (Wildman–Crippen LogP) is 4.29. The Morgan fingerprint density at radius 1 is 1.19 bits per heavy atom. The molecular formula is C25H29NO5S. The molecule has 0 unspecified atom stereocenters.